The summed E-state index contributed by atoms with van der Waals surface area (Å²) in [6.07, 6.45) is 1.47. The first-order valence-electron chi connectivity index (χ1n) is 5.41. The molecule has 0 saturated carbocycles. The number of nitrogens with two attached hydrogens (primary N) is 1. The number of carboxylic acids is 1. The highest BCUT2D eigenvalue weighted by atomic mass is 32.2. The minimum atomic E-state index is -0.796. The van der Waals surface area contributed by atoms with Crippen LogP contribution in [0.25, 0.3) is 0 Å². The van der Waals surface area contributed by atoms with Gasteiger partial charge in [0, 0.05) is 11.8 Å². The molecule has 1 atom stereocenters. The Labute approximate surface area is 105 Å². The number of rotatable bonds is 6. The summed E-state index contributed by atoms with van der Waals surface area (Å²) in [5.74, 6) is -0.173. The molecule has 0 amide bonds. The van der Waals surface area contributed by atoms with E-state index in [4.69, 9.17) is 15.6 Å². The molecule has 1 aromatic rings. The molecule has 0 saturated heterocycles. The van der Waals surface area contributed by atoms with Gasteiger partial charge in [0.05, 0.1) is 12.0 Å². The molecule has 5 heteroatoms. The molecular formula is C12H17NO3S. The minimum Gasteiger partial charge on any atom is -0.496 e. The van der Waals surface area contributed by atoms with Crippen LogP contribution in [0.3, 0.4) is 0 Å². The summed E-state index contributed by atoms with van der Waals surface area (Å²) < 4.78 is 5.19. The summed E-state index contributed by atoms with van der Waals surface area (Å²) >= 11 is 1.30. The number of carbonyl (C=O) groups is 1. The zero-order valence-electron chi connectivity index (χ0n) is 9.97. The van der Waals surface area contributed by atoms with E-state index in [9.17, 15) is 4.79 Å². The number of hydrogen-bond donors (Lipinski definition) is 2. The van der Waals surface area contributed by atoms with Crippen molar-refractivity contribution in [3.63, 3.8) is 0 Å². The van der Waals surface area contributed by atoms with Crippen LogP contribution in [0.4, 0.5) is 5.69 Å². The highest BCUT2D eigenvalue weighted by Crippen LogP contribution is 2.35. The summed E-state index contributed by atoms with van der Waals surface area (Å²) in [6.45, 7) is 1.97. The van der Waals surface area contributed by atoms with Gasteiger partial charge in [-0.25, -0.2) is 0 Å². The molecule has 17 heavy (non-hydrogen) atoms. The van der Waals surface area contributed by atoms with Gasteiger partial charge in [-0.2, -0.15) is 0 Å². The Kier molecular flexibility index (Phi) is 5.15. The van der Waals surface area contributed by atoms with E-state index in [-0.39, 0.29) is 0 Å². The van der Waals surface area contributed by atoms with E-state index >= 15 is 0 Å². The van der Waals surface area contributed by atoms with Crippen molar-refractivity contribution in [3.05, 3.63) is 18.2 Å². The third-order valence-electron chi connectivity index (χ3n) is 2.28. The molecule has 1 aromatic carbocycles. The zero-order chi connectivity index (χ0) is 12.8. The van der Waals surface area contributed by atoms with E-state index < -0.39 is 11.2 Å². The molecule has 0 heterocycles. The molecule has 0 radical (unpaired) electrons. The molecule has 0 bridgehead atoms. The van der Waals surface area contributed by atoms with E-state index in [1.165, 1.54) is 11.8 Å². The Balaban J connectivity index is 2.88. The predicted octanol–water partition coefficient (Wildman–Crippen LogP) is 2.62. The lowest BCUT2D eigenvalue weighted by Crippen LogP contribution is -2.15. The van der Waals surface area contributed by atoms with Crippen LogP contribution < -0.4 is 10.5 Å². The summed E-state index contributed by atoms with van der Waals surface area (Å²) in [5.41, 5.74) is 6.25. The van der Waals surface area contributed by atoms with Gasteiger partial charge in [-0.15, -0.1) is 11.8 Å². The first kappa shape index (κ1) is 13.7. The van der Waals surface area contributed by atoms with Gasteiger partial charge in [0.2, 0.25) is 0 Å². The molecule has 1 unspecified atom stereocenters. The SMILES string of the molecule is CCCC(Sc1ccc(N)cc1OC)C(=O)O. The highest BCUT2D eigenvalue weighted by Gasteiger charge is 2.19. The molecular weight excluding hydrogens is 238 g/mol. The Hall–Kier alpha value is -1.36. The van der Waals surface area contributed by atoms with E-state index in [2.05, 4.69) is 0 Å². The smallest absolute Gasteiger partial charge is 0.316 e. The fourth-order valence-electron chi connectivity index (χ4n) is 1.43. The quantitative estimate of drug-likeness (QED) is 0.604. The van der Waals surface area contributed by atoms with Gasteiger partial charge >= 0.3 is 5.97 Å². The molecule has 94 valence electrons. The molecule has 0 spiro atoms. The van der Waals surface area contributed by atoms with Crippen molar-refractivity contribution in [2.75, 3.05) is 12.8 Å². The summed E-state index contributed by atoms with van der Waals surface area (Å²) in [7, 11) is 1.55. The van der Waals surface area contributed by atoms with Crippen molar-refractivity contribution in [1.29, 1.82) is 0 Å². The number of aliphatic carboxylic acids is 1. The highest BCUT2D eigenvalue weighted by molar-refractivity contribution is 8.00. The van der Waals surface area contributed by atoms with Crippen molar-refractivity contribution in [3.8, 4) is 5.75 Å². The fourth-order valence-corrected chi connectivity index (χ4v) is 2.60. The summed E-state index contributed by atoms with van der Waals surface area (Å²) in [6, 6.07) is 5.24. The normalized spacial score (nSPS) is 12.1. The van der Waals surface area contributed by atoms with Crippen LogP contribution in [-0.4, -0.2) is 23.4 Å². The van der Waals surface area contributed by atoms with Gasteiger partial charge < -0.3 is 15.6 Å². The molecule has 0 aromatic heterocycles. The van der Waals surface area contributed by atoms with Crippen molar-refractivity contribution in [2.24, 2.45) is 0 Å². The second-order valence-corrected chi connectivity index (χ2v) is 4.89. The number of methoxy groups -OCH3 is 1. The zero-order valence-corrected chi connectivity index (χ0v) is 10.8. The van der Waals surface area contributed by atoms with Crippen molar-refractivity contribution in [1.82, 2.24) is 0 Å². The first-order chi connectivity index (χ1) is 8.08. The van der Waals surface area contributed by atoms with Crippen LogP contribution in [0.15, 0.2) is 23.1 Å². The third kappa shape index (κ3) is 3.85. The number of benzene rings is 1. The summed E-state index contributed by atoms with van der Waals surface area (Å²) in [4.78, 5) is 11.9. The number of anilines is 1. The van der Waals surface area contributed by atoms with Gasteiger partial charge in [-0.3, -0.25) is 4.79 Å². The molecule has 0 aliphatic carbocycles. The van der Waals surface area contributed by atoms with Crippen LogP contribution in [0, 0.1) is 0 Å². The topological polar surface area (TPSA) is 72.5 Å². The predicted molar refractivity (Wildman–Crippen MR) is 69.6 cm³/mol. The largest absolute Gasteiger partial charge is 0.496 e. The number of nitrogen functional groups attached to an aromatic ring is 1. The Morgan fingerprint density at radius 1 is 1.59 bits per heavy atom. The maximum Gasteiger partial charge on any atom is 0.316 e. The molecule has 4 nitrogen and oxygen atoms in total. The van der Waals surface area contributed by atoms with Crippen LogP contribution in [0.1, 0.15) is 19.8 Å². The number of ether oxygens (including phenoxy) is 1. The van der Waals surface area contributed by atoms with E-state index in [1.54, 1.807) is 25.3 Å². The van der Waals surface area contributed by atoms with Gasteiger partial charge in [0.1, 0.15) is 11.0 Å². The number of thioether (sulfide) groups is 1. The van der Waals surface area contributed by atoms with Gasteiger partial charge in [0.15, 0.2) is 0 Å². The van der Waals surface area contributed by atoms with E-state index in [0.29, 0.717) is 17.9 Å². The van der Waals surface area contributed by atoms with Gasteiger partial charge in [0.25, 0.3) is 0 Å². The van der Waals surface area contributed by atoms with E-state index in [0.717, 1.165) is 11.3 Å². The van der Waals surface area contributed by atoms with Gasteiger partial charge in [-0.1, -0.05) is 13.3 Å². The van der Waals surface area contributed by atoms with Crippen LogP contribution in [0.5, 0.6) is 5.75 Å². The average Bonchev–Trinajstić information content (AvgIpc) is 2.30. The Morgan fingerprint density at radius 2 is 2.29 bits per heavy atom. The second kappa shape index (κ2) is 6.39. The lowest BCUT2D eigenvalue weighted by Gasteiger charge is -2.13. The maximum absolute atomic E-state index is 11.1. The lowest BCUT2D eigenvalue weighted by atomic mass is 10.2. The molecule has 1 rings (SSSR count). The number of hydrogen-bond acceptors (Lipinski definition) is 4. The first-order valence-corrected chi connectivity index (χ1v) is 6.29. The van der Waals surface area contributed by atoms with E-state index in [1.807, 2.05) is 6.92 Å². The minimum absolute atomic E-state index is 0.447. The molecule has 3 N–H and O–H groups in total. The standard InChI is InChI=1S/C12H17NO3S/c1-3-4-11(12(14)15)17-10-6-5-8(13)7-9(10)16-2/h5-7,11H,3-4,13H2,1-2H3,(H,14,15). The van der Waals surface area contributed by atoms with Crippen LogP contribution >= 0.6 is 11.8 Å². The lowest BCUT2D eigenvalue weighted by molar-refractivity contribution is -0.136. The Bertz CT molecular complexity index is 395. The van der Waals surface area contributed by atoms with Crippen LogP contribution in [-0.2, 0) is 4.79 Å². The molecule has 0 fully saturated rings. The van der Waals surface area contributed by atoms with Crippen molar-refractivity contribution in [2.45, 2.75) is 29.9 Å². The van der Waals surface area contributed by atoms with Crippen LogP contribution in [0.2, 0.25) is 0 Å². The van der Waals surface area contributed by atoms with Crippen molar-refractivity contribution >= 4 is 23.4 Å². The fraction of sp³-hybridized carbons (Fsp3) is 0.417. The maximum atomic E-state index is 11.1. The van der Waals surface area contributed by atoms with Gasteiger partial charge in [-0.05, 0) is 18.6 Å². The Morgan fingerprint density at radius 3 is 2.82 bits per heavy atom. The van der Waals surface area contributed by atoms with Crippen molar-refractivity contribution < 1.29 is 14.6 Å². The molecule has 0 aliphatic heterocycles. The monoisotopic (exact) mass is 255 g/mol. The number of carboxylic acid groups (broad SMARTS) is 1. The third-order valence-corrected chi connectivity index (χ3v) is 3.60. The molecule has 0 aliphatic rings. The second-order valence-electron chi connectivity index (χ2n) is 3.64. The average molecular weight is 255 g/mol. The summed E-state index contributed by atoms with van der Waals surface area (Å²) in [5, 5.41) is 8.65.